The van der Waals surface area contributed by atoms with Crippen molar-refractivity contribution in [3.05, 3.63) is 118 Å². The molecule has 4 aromatic heterocycles. The second kappa shape index (κ2) is 23.4. The van der Waals surface area contributed by atoms with E-state index in [1.54, 1.807) is 24.8 Å². The van der Waals surface area contributed by atoms with Crippen molar-refractivity contribution < 1.29 is 33.0 Å². The first kappa shape index (κ1) is 49.9. The number of nitrogens with one attached hydrogen (secondary N) is 1. The molecule has 2 fully saturated rings. The van der Waals surface area contributed by atoms with Crippen molar-refractivity contribution >= 4 is 34.3 Å². The number of carboxylic acids is 1. The van der Waals surface area contributed by atoms with Gasteiger partial charge in [-0.2, -0.15) is 0 Å². The molecular formula is C54H64F2N12O5. The topological polar surface area (TPSA) is 181 Å². The van der Waals surface area contributed by atoms with Gasteiger partial charge in [0.25, 0.3) is 0 Å². The van der Waals surface area contributed by atoms with Gasteiger partial charge >= 0.3 is 5.97 Å². The summed E-state index contributed by atoms with van der Waals surface area (Å²) in [5, 5.41) is 28.7. The fourth-order valence-electron chi connectivity index (χ4n) is 11.0. The third-order valence-electron chi connectivity index (χ3n) is 14.8. The van der Waals surface area contributed by atoms with E-state index >= 15 is 0 Å². The van der Waals surface area contributed by atoms with E-state index in [1.807, 2.05) is 31.0 Å². The first-order valence-corrected chi connectivity index (χ1v) is 26.0. The maximum Gasteiger partial charge on any atom is 0.317 e. The molecule has 1 amide bonds. The quantitative estimate of drug-likeness (QED) is 0.146. The highest BCUT2D eigenvalue weighted by atomic mass is 19.1. The molecule has 0 unspecified atom stereocenters. The summed E-state index contributed by atoms with van der Waals surface area (Å²) in [4.78, 5) is 38.6. The molecule has 6 aliphatic heterocycles. The van der Waals surface area contributed by atoms with Gasteiger partial charge in [-0.15, -0.1) is 20.4 Å². The number of halogens is 2. The number of ether oxygens (including phenoxy) is 2. The monoisotopic (exact) mass is 999 g/mol. The molecule has 0 saturated carbocycles. The van der Waals surface area contributed by atoms with Crippen LogP contribution in [0.25, 0.3) is 22.4 Å². The summed E-state index contributed by atoms with van der Waals surface area (Å²) in [5.74, 6) is 2.38. The molecule has 6 aromatic rings. The zero-order valence-corrected chi connectivity index (χ0v) is 41.4. The summed E-state index contributed by atoms with van der Waals surface area (Å²) in [6.45, 7) is 9.34. The Morgan fingerprint density at radius 2 is 1.15 bits per heavy atom. The van der Waals surface area contributed by atoms with E-state index in [0.717, 1.165) is 165 Å². The number of fused-ring (bicyclic) bond motifs is 4. The zero-order chi connectivity index (χ0) is 50.1. The molecule has 0 spiro atoms. The molecule has 0 aliphatic carbocycles. The second-order valence-corrected chi connectivity index (χ2v) is 19.5. The number of carboxylic acid groups (broad SMARTS) is 1. The number of amides is 1. The van der Waals surface area contributed by atoms with Crippen LogP contribution < -0.4 is 14.8 Å². The van der Waals surface area contributed by atoms with Crippen LogP contribution in [0.4, 0.5) is 8.78 Å². The van der Waals surface area contributed by atoms with Gasteiger partial charge in [0.15, 0.2) is 11.3 Å². The molecule has 0 radical (unpaired) electrons. The van der Waals surface area contributed by atoms with Gasteiger partial charge in [0.05, 0.1) is 26.3 Å². The van der Waals surface area contributed by atoms with Crippen LogP contribution in [0.5, 0.6) is 11.5 Å². The minimum Gasteiger partial charge on any atom is -0.493 e. The minimum atomic E-state index is -0.711. The number of likely N-dealkylation sites (tertiary alicyclic amines) is 2. The average molecular weight is 999 g/mol. The van der Waals surface area contributed by atoms with Crippen LogP contribution in [0, 0.1) is 11.6 Å². The lowest BCUT2D eigenvalue weighted by Crippen LogP contribution is -2.40. The number of carbonyl (C=O) groups is 2. The van der Waals surface area contributed by atoms with Crippen LogP contribution in [-0.4, -0.2) is 150 Å². The van der Waals surface area contributed by atoms with E-state index in [2.05, 4.69) is 42.8 Å². The molecule has 19 heteroatoms. The van der Waals surface area contributed by atoms with Gasteiger partial charge in [0, 0.05) is 73.4 Å². The Bertz CT molecular complexity index is 3000. The molecule has 6 aliphatic rings. The predicted molar refractivity (Wildman–Crippen MR) is 270 cm³/mol. The van der Waals surface area contributed by atoms with Crippen molar-refractivity contribution in [2.75, 3.05) is 78.7 Å². The number of aryl methyl sites for hydroxylation is 2. The van der Waals surface area contributed by atoms with Crippen LogP contribution in [0.1, 0.15) is 96.4 Å². The Morgan fingerprint density at radius 3 is 1.71 bits per heavy atom. The zero-order valence-electron chi connectivity index (χ0n) is 41.4. The molecule has 0 bridgehead atoms. The second-order valence-electron chi connectivity index (χ2n) is 19.5. The molecule has 2 N–H and O–H groups in total. The summed E-state index contributed by atoms with van der Waals surface area (Å²) in [6.07, 6.45) is 23.6. The van der Waals surface area contributed by atoms with Crippen molar-refractivity contribution in [3.63, 3.8) is 0 Å². The first-order valence-electron chi connectivity index (χ1n) is 26.0. The van der Waals surface area contributed by atoms with Gasteiger partial charge in [-0.05, 0) is 150 Å². The number of aromatic nitrogens is 8. The van der Waals surface area contributed by atoms with Crippen LogP contribution in [0.3, 0.4) is 0 Å². The SMILES string of the molecule is Fc1ccc2c(c1CCc1ncc(C3=CCCNCC3)c3nncn13)CCO2.O=C(CN1CCCC1)N1CCC=C(c2cnc(CCc3c(F)ccc4c3CCO4)n3cnnc23)CC1.O=C(O)CN1CCCC1. The van der Waals surface area contributed by atoms with Crippen molar-refractivity contribution in [3.8, 4) is 11.5 Å². The largest absolute Gasteiger partial charge is 0.493 e. The van der Waals surface area contributed by atoms with E-state index in [-0.39, 0.29) is 24.1 Å². The van der Waals surface area contributed by atoms with Crippen LogP contribution >= 0.6 is 0 Å². The van der Waals surface area contributed by atoms with Gasteiger partial charge in [0.1, 0.15) is 47.4 Å². The van der Waals surface area contributed by atoms with Gasteiger partial charge in [-0.3, -0.25) is 28.2 Å². The number of benzene rings is 2. The van der Waals surface area contributed by atoms with Gasteiger partial charge in [0.2, 0.25) is 5.91 Å². The van der Waals surface area contributed by atoms with E-state index in [1.165, 1.54) is 30.5 Å². The first-order chi connectivity index (χ1) is 35.8. The Labute approximate surface area is 423 Å². The van der Waals surface area contributed by atoms with Crippen molar-refractivity contribution in [1.29, 1.82) is 0 Å². The number of hydrogen-bond acceptors (Lipinski definition) is 13. The predicted octanol–water partition coefficient (Wildman–Crippen LogP) is 6.00. The number of nitrogens with zero attached hydrogens (tertiary/aromatic N) is 11. The van der Waals surface area contributed by atoms with Gasteiger partial charge in [-0.25, -0.2) is 18.7 Å². The van der Waals surface area contributed by atoms with Gasteiger partial charge in [-0.1, -0.05) is 12.2 Å². The van der Waals surface area contributed by atoms with Crippen molar-refractivity contribution in [1.82, 2.24) is 59.2 Å². The lowest BCUT2D eigenvalue weighted by molar-refractivity contribution is -0.138. The normalized spacial score (nSPS) is 17.9. The summed E-state index contributed by atoms with van der Waals surface area (Å²) in [7, 11) is 0. The molecule has 384 valence electrons. The standard InChI is InChI=1S/C27H31FN6O2.C21H22FN5O.C6H11NO2/c28-23-6-7-24-21(10-15-36-24)20(23)5-8-25-29-16-22(27-31-30-18-34(25)27)19-4-3-13-33(14-9-19)26(35)17-32-11-1-2-12-32;22-18-4-5-19-16(8-11-28-19)15(18)3-6-20-24-12-17(21-26-25-13-27(20)21)14-2-1-9-23-10-7-14;8-6(9)5-7-3-1-2-4-7/h4,6-7,16,18H,1-3,5,8-15,17H2;2,4-5,12-13,23H,1,3,6-11H2;1-5H2,(H,8,9). The minimum absolute atomic E-state index is 0.169. The summed E-state index contributed by atoms with van der Waals surface area (Å²) < 4.78 is 44.1. The number of rotatable bonds is 12. The summed E-state index contributed by atoms with van der Waals surface area (Å²) in [5.41, 5.74) is 9.37. The lowest BCUT2D eigenvalue weighted by Gasteiger charge is -2.23. The number of carbonyl (C=O) groups excluding carboxylic acids is 1. The smallest absolute Gasteiger partial charge is 0.317 e. The molecule has 2 aromatic carbocycles. The third-order valence-corrected chi connectivity index (χ3v) is 14.8. The lowest BCUT2D eigenvalue weighted by atomic mass is 9.99. The average Bonchev–Trinajstić information content (AvgIpc) is 4.27. The van der Waals surface area contributed by atoms with E-state index in [0.29, 0.717) is 57.6 Å². The van der Waals surface area contributed by atoms with Crippen molar-refractivity contribution in [2.24, 2.45) is 0 Å². The van der Waals surface area contributed by atoms with Gasteiger partial charge < -0.3 is 24.8 Å². The third kappa shape index (κ3) is 11.7. The highest BCUT2D eigenvalue weighted by molar-refractivity contribution is 5.80. The molecule has 12 rings (SSSR count). The van der Waals surface area contributed by atoms with Crippen LogP contribution in [0.2, 0.25) is 0 Å². The molecule has 73 heavy (non-hydrogen) atoms. The maximum atomic E-state index is 14.6. The number of hydrogen-bond donors (Lipinski definition) is 2. The fourth-order valence-corrected chi connectivity index (χ4v) is 11.0. The number of aliphatic carboxylic acids is 1. The molecule has 2 saturated heterocycles. The molecule has 17 nitrogen and oxygen atoms in total. The van der Waals surface area contributed by atoms with E-state index in [4.69, 9.17) is 24.5 Å². The molecule has 10 heterocycles. The van der Waals surface area contributed by atoms with E-state index in [9.17, 15) is 18.4 Å². The van der Waals surface area contributed by atoms with Crippen LogP contribution in [0.15, 0.2) is 61.5 Å². The summed E-state index contributed by atoms with van der Waals surface area (Å²) >= 11 is 0. The Balaban J connectivity index is 0.000000146. The molecular weight excluding hydrogens is 935 g/mol. The van der Waals surface area contributed by atoms with Crippen LogP contribution in [-0.2, 0) is 48.1 Å². The Hall–Kier alpha value is -6.70. The Morgan fingerprint density at radius 1 is 0.616 bits per heavy atom. The summed E-state index contributed by atoms with van der Waals surface area (Å²) in [6, 6.07) is 6.42. The highest BCUT2D eigenvalue weighted by Gasteiger charge is 2.25. The highest BCUT2D eigenvalue weighted by Crippen LogP contribution is 2.33. The van der Waals surface area contributed by atoms with E-state index < -0.39 is 5.97 Å². The molecule has 0 atom stereocenters. The van der Waals surface area contributed by atoms with Crippen molar-refractivity contribution in [2.45, 2.75) is 89.9 Å². The fraction of sp³-hybridized carbons (Fsp3) is 0.481. The maximum absolute atomic E-state index is 14.6. The Kier molecular flexibility index (Phi) is 16.0.